The predicted octanol–water partition coefficient (Wildman–Crippen LogP) is 3.83. The Morgan fingerprint density at radius 2 is 1.95 bits per heavy atom. The second-order valence-electron chi connectivity index (χ2n) is 5.24. The number of nitrogens with one attached hydrogen (secondary N) is 1. The molecular weight excluding hydrogens is 248 g/mol. The van der Waals surface area contributed by atoms with Gasteiger partial charge in [-0.3, -0.25) is 5.32 Å². The smallest absolute Gasteiger partial charge is 0.119 e. The molecule has 0 aliphatic rings. The van der Waals surface area contributed by atoms with Crippen LogP contribution < -0.4 is 10.1 Å². The van der Waals surface area contributed by atoms with Crippen LogP contribution in [0.1, 0.15) is 45.1 Å². The van der Waals surface area contributed by atoms with Crippen molar-refractivity contribution in [3.8, 4) is 11.8 Å². The molecule has 1 aromatic rings. The monoisotopic (exact) mass is 274 g/mol. The number of aryl methyl sites for hydroxylation is 1. The summed E-state index contributed by atoms with van der Waals surface area (Å²) >= 11 is 0. The Morgan fingerprint density at radius 1 is 1.25 bits per heavy atom. The van der Waals surface area contributed by atoms with Crippen molar-refractivity contribution in [1.82, 2.24) is 5.32 Å². The lowest BCUT2D eigenvalue weighted by molar-refractivity contribution is 0.276. The summed E-state index contributed by atoms with van der Waals surface area (Å²) in [6, 6.07) is 10.5. The van der Waals surface area contributed by atoms with Gasteiger partial charge in [-0.05, 0) is 51.3 Å². The molecule has 0 heterocycles. The predicted molar refractivity (Wildman–Crippen MR) is 82.8 cm³/mol. The Morgan fingerprint density at radius 3 is 2.50 bits per heavy atom. The first-order valence-corrected chi connectivity index (χ1v) is 7.51. The number of hydrogen-bond acceptors (Lipinski definition) is 3. The summed E-state index contributed by atoms with van der Waals surface area (Å²) in [5.41, 5.74) is 0.836. The fraction of sp³-hybridized carbons (Fsp3) is 0.588. The lowest BCUT2D eigenvalue weighted by Crippen LogP contribution is -2.44. The molecule has 20 heavy (non-hydrogen) atoms. The molecular formula is C17H26N2O. The van der Waals surface area contributed by atoms with Crippen LogP contribution in [0.4, 0.5) is 0 Å². The lowest BCUT2D eigenvalue weighted by Gasteiger charge is -2.26. The van der Waals surface area contributed by atoms with Gasteiger partial charge >= 0.3 is 0 Å². The maximum Gasteiger partial charge on any atom is 0.119 e. The number of nitrogens with zero attached hydrogens (tertiary/aromatic N) is 1. The quantitative estimate of drug-likeness (QED) is 0.696. The molecule has 0 aliphatic heterocycles. The molecule has 0 radical (unpaired) electrons. The average molecular weight is 274 g/mol. The van der Waals surface area contributed by atoms with E-state index in [-0.39, 0.29) is 0 Å². The molecule has 0 aliphatic carbocycles. The average Bonchev–Trinajstić information content (AvgIpc) is 2.49. The van der Waals surface area contributed by atoms with Gasteiger partial charge in [0, 0.05) is 0 Å². The van der Waals surface area contributed by atoms with E-state index in [1.165, 1.54) is 5.56 Å². The van der Waals surface area contributed by atoms with E-state index < -0.39 is 5.54 Å². The van der Waals surface area contributed by atoms with E-state index in [2.05, 4.69) is 32.2 Å². The van der Waals surface area contributed by atoms with Crippen molar-refractivity contribution < 1.29 is 4.74 Å². The standard InChI is InChI=1S/C17H26N2O/c1-4-12-19-17(5-2,14-18)11-6-13-20-16-9-7-15(3)8-10-16/h7-10,19H,4-6,11-13H2,1-3H3. The number of benzene rings is 1. The second kappa shape index (κ2) is 8.60. The van der Waals surface area contributed by atoms with Gasteiger partial charge in [-0.2, -0.15) is 5.26 Å². The molecule has 1 rings (SSSR count). The summed E-state index contributed by atoms with van der Waals surface area (Å²) in [6.07, 6.45) is 3.58. The van der Waals surface area contributed by atoms with Crippen LogP contribution in [0.2, 0.25) is 0 Å². The van der Waals surface area contributed by atoms with Gasteiger partial charge in [-0.25, -0.2) is 0 Å². The van der Waals surface area contributed by atoms with E-state index in [1.807, 2.05) is 24.3 Å². The summed E-state index contributed by atoms with van der Waals surface area (Å²) in [7, 11) is 0. The highest BCUT2D eigenvalue weighted by atomic mass is 16.5. The highest BCUT2D eigenvalue weighted by molar-refractivity contribution is 5.26. The molecule has 1 aromatic carbocycles. The van der Waals surface area contributed by atoms with Gasteiger partial charge in [-0.1, -0.05) is 31.5 Å². The Labute approximate surface area is 123 Å². The molecule has 3 nitrogen and oxygen atoms in total. The fourth-order valence-corrected chi connectivity index (χ4v) is 2.13. The maximum absolute atomic E-state index is 9.40. The zero-order valence-electron chi connectivity index (χ0n) is 12.9. The van der Waals surface area contributed by atoms with E-state index >= 15 is 0 Å². The van der Waals surface area contributed by atoms with Crippen LogP contribution in [0.3, 0.4) is 0 Å². The lowest BCUT2D eigenvalue weighted by atomic mass is 9.92. The zero-order chi connectivity index (χ0) is 14.8. The largest absolute Gasteiger partial charge is 0.494 e. The molecule has 1 unspecified atom stereocenters. The summed E-state index contributed by atoms with van der Waals surface area (Å²) < 4.78 is 5.71. The fourth-order valence-electron chi connectivity index (χ4n) is 2.13. The SMILES string of the molecule is CCCNC(C#N)(CC)CCCOc1ccc(C)cc1. The summed E-state index contributed by atoms with van der Waals surface area (Å²) in [5, 5.41) is 12.8. The molecule has 0 amide bonds. The third-order valence-electron chi connectivity index (χ3n) is 3.57. The van der Waals surface area contributed by atoms with Crippen molar-refractivity contribution in [1.29, 1.82) is 5.26 Å². The van der Waals surface area contributed by atoms with E-state index in [1.54, 1.807) is 0 Å². The van der Waals surface area contributed by atoms with Gasteiger partial charge in [0.25, 0.3) is 0 Å². The molecule has 3 heteroatoms. The van der Waals surface area contributed by atoms with Gasteiger partial charge < -0.3 is 4.74 Å². The maximum atomic E-state index is 9.40. The normalized spacial score (nSPS) is 13.5. The first-order chi connectivity index (χ1) is 9.65. The van der Waals surface area contributed by atoms with Crippen LogP contribution >= 0.6 is 0 Å². The molecule has 110 valence electrons. The van der Waals surface area contributed by atoms with Crippen LogP contribution in [0, 0.1) is 18.3 Å². The van der Waals surface area contributed by atoms with Crippen LogP contribution in [-0.2, 0) is 0 Å². The second-order valence-corrected chi connectivity index (χ2v) is 5.24. The Bertz CT molecular complexity index is 422. The number of hydrogen-bond donors (Lipinski definition) is 1. The topological polar surface area (TPSA) is 45.0 Å². The van der Waals surface area contributed by atoms with E-state index in [4.69, 9.17) is 4.74 Å². The van der Waals surface area contributed by atoms with Crippen LogP contribution in [-0.4, -0.2) is 18.7 Å². The summed E-state index contributed by atoms with van der Waals surface area (Å²) in [5.74, 6) is 0.899. The molecule has 0 saturated heterocycles. The molecule has 0 saturated carbocycles. The number of ether oxygens (including phenoxy) is 1. The van der Waals surface area contributed by atoms with E-state index in [9.17, 15) is 5.26 Å². The van der Waals surface area contributed by atoms with Gasteiger partial charge in [0.1, 0.15) is 11.3 Å². The van der Waals surface area contributed by atoms with E-state index in [0.717, 1.165) is 38.0 Å². The molecule has 0 spiro atoms. The minimum absolute atomic E-state index is 0.396. The highest BCUT2D eigenvalue weighted by Gasteiger charge is 2.26. The van der Waals surface area contributed by atoms with Crippen molar-refractivity contribution in [3.63, 3.8) is 0 Å². The Balaban J connectivity index is 2.37. The Hall–Kier alpha value is -1.53. The van der Waals surface area contributed by atoms with Crippen LogP contribution in [0.25, 0.3) is 0 Å². The molecule has 0 aromatic heterocycles. The molecule has 1 N–H and O–H groups in total. The van der Waals surface area contributed by atoms with Gasteiger partial charge in [-0.15, -0.1) is 0 Å². The number of nitriles is 1. The third kappa shape index (κ3) is 5.22. The summed E-state index contributed by atoms with van der Waals surface area (Å²) in [6.45, 7) is 7.78. The zero-order valence-corrected chi connectivity index (χ0v) is 12.9. The van der Waals surface area contributed by atoms with Gasteiger partial charge in [0.2, 0.25) is 0 Å². The number of rotatable bonds is 9. The Kier molecular flexibility index (Phi) is 7.11. The van der Waals surface area contributed by atoms with Crippen LogP contribution in [0.15, 0.2) is 24.3 Å². The molecule has 1 atom stereocenters. The highest BCUT2D eigenvalue weighted by Crippen LogP contribution is 2.18. The minimum Gasteiger partial charge on any atom is -0.494 e. The van der Waals surface area contributed by atoms with Crippen LogP contribution in [0.5, 0.6) is 5.75 Å². The summed E-state index contributed by atoms with van der Waals surface area (Å²) in [4.78, 5) is 0. The third-order valence-corrected chi connectivity index (χ3v) is 3.57. The van der Waals surface area contributed by atoms with Crippen molar-refractivity contribution in [2.75, 3.05) is 13.2 Å². The van der Waals surface area contributed by atoms with Crippen molar-refractivity contribution in [2.45, 2.75) is 52.0 Å². The molecule has 0 bridgehead atoms. The minimum atomic E-state index is -0.396. The first-order valence-electron chi connectivity index (χ1n) is 7.51. The van der Waals surface area contributed by atoms with Crippen molar-refractivity contribution in [2.24, 2.45) is 0 Å². The van der Waals surface area contributed by atoms with Crippen molar-refractivity contribution >= 4 is 0 Å². The van der Waals surface area contributed by atoms with Gasteiger partial charge in [0.15, 0.2) is 0 Å². The first kappa shape index (κ1) is 16.5. The van der Waals surface area contributed by atoms with Crippen molar-refractivity contribution in [3.05, 3.63) is 29.8 Å². The van der Waals surface area contributed by atoms with E-state index in [0.29, 0.717) is 6.61 Å². The van der Waals surface area contributed by atoms with Gasteiger partial charge in [0.05, 0.1) is 12.7 Å². The molecule has 0 fully saturated rings.